The number of nitrogens with zero attached hydrogens (tertiary/aromatic N) is 1. The van der Waals surface area contributed by atoms with E-state index in [1.54, 1.807) is 39.0 Å². The number of halogens is 6. The minimum absolute atomic E-state index is 0.0682. The van der Waals surface area contributed by atoms with E-state index in [9.17, 15) is 35.9 Å². The van der Waals surface area contributed by atoms with Gasteiger partial charge in [-0.25, -0.2) is 9.59 Å². The second-order valence-corrected chi connectivity index (χ2v) is 10.0. The van der Waals surface area contributed by atoms with E-state index in [1.807, 2.05) is 0 Å². The summed E-state index contributed by atoms with van der Waals surface area (Å²) < 4.78 is 85.3. The fourth-order valence-electron chi connectivity index (χ4n) is 4.32. The highest BCUT2D eigenvalue weighted by Crippen LogP contribution is 2.39. The number of amides is 1. The van der Waals surface area contributed by atoms with Crippen molar-refractivity contribution in [1.29, 1.82) is 0 Å². The summed E-state index contributed by atoms with van der Waals surface area (Å²) in [6.07, 6.45) is -7.55. The molecule has 2 aromatic carbocycles. The molecule has 38 heavy (non-hydrogen) atoms. The molecular weight excluding hydrogens is 516 g/mol. The minimum Gasteiger partial charge on any atom is -0.478 e. The van der Waals surface area contributed by atoms with Crippen molar-refractivity contribution < 1.29 is 45.8 Å². The van der Waals surface area contributed by atoms with E-state index in [1.165, 1.54) is 11.0 Å². The molecule has 1 aliphatic rings. The maximum Gasteiger partial charge on any atom is 0.416 e. The van der Waals surface area contributed by atoms with Gasteiger partial charge in [-0.15, -0.1) is 0 Å². The molecule has 1 unspecified atom stereocenters. The Morgan fingerprint density at radius 1 is 1.00 bits per heavy atom. The Kier molecular flexibility index (Phi) is 8.18. The average Bonchev–Trinajstić information content (AvgIpc) is 3.18. The van der Waals surface area contributed by atoms with E-state index in [2.05, 4.69) is 0 Å². The van der Waals surface area contributed by atoms with Crippen molar-refractivity contribution in [3.8, 4) is 0 Å². The van der Waals surface area contributed by atoms with Crippen LogP contribution in [0.25, 0.3) is 6.08 Å². The van der Waals surface area contributed by atoms with Crippen LogP contribution in [0.5, 0.6) is 0 Å². The van der Waals surface area contributed by atoms with E-state index >= 15 is 0 Å². The molecule has 0 bridgehead atoms. The molecule has 0 fully saturated rings. The molecule has 0 aliphatic heterocycles. The van der Waals surface area contributed by atoms with Gasteiger partial charge in [0.2, 0.25) is 0 Å². The zero-order valence-corrected chi connectivity index (χ0v) is 20.9. The van der Waals surface area contributed by atoms with Crippen molar-refractivity contribution in [1.82, 2.24) is 4.90 Å². The highest BCUT2D eigenvalue weighted by atomic mass is 19.4. The van der Waals surface area contributed by atoms with E-state index in [-0.39, 0.29) is 24.6 Å². The standard InChI is InChI=1S/C27H27F6NO4/c1-25(2,3)38-24(37)34(22-8-6-18-12-16(4-7-21(18)22)5-9-23(35)36)11-10-17-13-19(26(28,29)30)15-20(14-17)27(31,32)33/h4-5,7,9,12-15,22H,6,8,10-11H2,1-3H3,(H,35,36)/b9-5+. The normalized spacial score (nSPS) is 16.0. The summed E-state index contributed by atoms with van der Waals surface area (Å²) in [6.45, 7) is 4.76. The van der Waals surface area contributed by atoms with Crippen molar-refractivity contribution in [2.75, 3.05) is 6.54 Å². The monoisotopic (exact) mass is 543 g/mol. The van der Waals surface area contributed by atoms with Gasteiger partial charge < -0.3 is 14.7 Å². The number of carboxylic acids is 1. The third-order valence-electron chi connectivity index (χ3n) is 5.92. The van der Waals surface area contributed by atoms with Crippen LogP contribution in [-0.4, -0.2) is 34.2 Å². The lowest BCUT2D eigenvalue weighted by Gasteiger charge is -2.32. The predicted octanol–water partition coefficient (Wildman–Crippen LogP) is 7.29. The maximum atomic E-state index is 13.3. The number of carbonyl (C=O) groups excluding carboxylic acids is 1. The average molecular weight is 544 g/mol. The number of carbonyl (C=O) groups is 2. The summed E-state index contributed by atoms with van der Waals surface area (Å²) in [5.74, 6) is -1.11. The fourth-order valence-corrected chi connectivity index (χ4v) is 4.32. The number of alkyl halides is 6. The van der Waals surface area contributed by atoms with Gasteiger partial charge in [0.15, 0.2) is 0 Å². The molecule has 3 rings (SSSR count). The lowest BCUT2D eigenvalue weighted by atomic mass is 10.0. The number of carboxylic acid groups (broad SMARTS) is 1. The predicted molar refractivity (Wildman–Crippen MR) is 127 cm³/mol. The van der Waals surface area contributed by atoms with Gasteiger partial charge in [-0.2, -0.15) is 26.3 Å². The molecule has 0 aromatic heterocycles. The highest BCUT2D eigenvalue weighted by Gasteiger charge is 2.38. The van der Waals surface area contributed by atoms with Gasteiger partial charge in [0.25, 0.3) is 0 Å². The molecule has 0 saturated heterocycles. The Hall–Kier alpha value is -3.50. The van der Waals surface area contributed by atoms with Gasteiger partial charge in [-0.3, -0.25) is 0 Å². The summed E-state index contributed by atoms with van der Waals surface area (Å²) in [5, 5.41) is 8.84. The van der Waals surface area contributed by atoms with Gasteiger partial charge in [0, 0.05) is 12.6 Å². The molecule has 1 amide bonds. The van der Waals surface area contributed by atoms with Crippen LogP contribution in [-0.2, 0) is 34.7 Å². The Morgan fingerprint density at radius 3 is 2.13 bits per heavy atom. The molecule has 0 heterocycles. The van der Waals surface area contributed by atoms with Crippen LogP contribution >= 0.6 is 0 Å². The Morgan fingerprint density at radius 2 is 1.61 bits per heavy atom. The van der Waals surface area contributed by atoms with E-state index in [4.69, 9.17) is 9.84 Å². The maximum absolute atomic E-state index is 13.3. The number of fused-ring (bicyclic) bond motifs is 1. The number of hydrogen-bond donors (Lipinski definition) is 1. The molecule has 2 aromatic rings. The largest absolute Gasteiger partial charge is 0.478 e. The first kappa shape index (κ1) is 29.1. The summed E-state index contributed by atoms with van der Waals surface area (Å²) in [5.41, 5.74) is -1.69. The molecule has 0 saturated carbocycles. The zero-order valence-electron chi connectivity index (χ0n) is 20.9. The number of ether oxygens (including phenoxy) is 1. The molecule has 5 nitrogen and oxygen atoms in total. The van der Waals surface area contributed by atoms with Crippen molar-refractivity contribution in [2.24, 2.45) is 0 Å². The van der Waals surface area contributed by atoms with Crippen LogP contribution in [0.4, 0.5) is 31.1 Å². The van der Waals surface area contributed by atoms with Gasteiger partial charge in [-0.05, 0) is 86.6 Å². The van der Waals surface area contributed by atoms with E-state index in [0.29, 0.717) is 30.5 Å². The first-order valence-corrected chi connectivity index (χ1v) is 11.8. The summed E-state index contributed by atoms with van der Waals surface area (Å²) >= 11 is 0. The molecular formula is C27H27F6NO4. The van der Waals surface area contributed by atoms with Crippen molar-refractivity contribution in [3.63, 3.8) is 0 Å². The summed E-state index contributed by atoms with van der Waals surface area (Å²) in [7, 11) is 0. The second-order valence-electron chi connectivity index (χ2n) is 10.0. The van der Waals surface area contributed by atoms with Crippen LogP contribution < -0.4 is 0 Å². The molecule has 0 spiro atoms. The van der Waals surface area contributed by atoms with E-state index in [0.717, 1.165) is 17.2 Å². The lowest BCUT2D eigenvalue weighted by Crippen LogP contribution is -2.40. The SMILES string of the molecule is CC(C)(C)OC(=O)N(CCc1cc(C(F)(F)F)cc(C(F)(F)F)c1)C1CCc2cc(/C=C/C(=O)O)ccc21. The van der Waals surface area contributed by atoms with Gasteiger partial charge >= 0.3 is 24.4 Å². The second kappa shape index (κ2) is 10.7. The third kappa shape index (κ3) is 7.52. The molecule has 1 aliphatic carbocycles. The first-order valence-electron chi connectivity index (χ1n) is 11.8. The number of hydrogen-bond acceptors (Lipinski definition) is 3. The molecule has 1 N–H and O–H groups in total. The molecule has 11 heteroatoms. The van der Waals surface area contributed by atoms with Crippen LogP contribution in [0, 0.1) is 0 Å². The van der Waals surface area contributed by atoms with Gasteiger partial charge in [0.05, 0.1) is 17.2 Å². The molecule has 206 valence electrons. The Bertz CT molecular complexity index is 1200. The number of aryl methyl sites for hydroxylation is 1. The first-order chi connectivity index (χ1) is 17.4. The Labute approximate surface area is 215 Å². The number of benzene rings is 2. The zero-order chi connectivity index (χ0) is 28.5. The number of rotatable bonds is 6. The lowest BCUT2D eigenvalue weighted by molar-refractivity contribution is -0.143. The number of aliphatic carboxylic acids is 1. The minimum atomic E-state index is -4.97. The third-order valence-corrected chi connectivity index (χ3v) is 5.92. The van der Waals surface area contributed by atoms with Crippen molar-refractivity contribution in [3.05, 3.63) is 75.9 Å². The smallest absolute Gasteiger partial charge is 0.416 e. The van der Waals surface area contributed by atoms with Gasteiger partial charge in [0.1, 0.15) is 5.60 Å². The topological polar surface area (TPSA) is 66.8 Å². The van der Waals surface area contributed by atoms with Crippen LogP contribution in [0.3, 0.4) is 0 Å². The van der Waals surface area contributed by atoms with Crippen LogP contribution in [0.1, 0.15) is 66.6 Å². The Balaban J connectivity index is 1.94. The summed E-state index contributed by atoms with van der Waals surface area (Å²) in [4.78, 5) is 25.3. The van der Waals surface area contributed by atoms with Crippen molar-refractivity contribution >= 4 is 18.1 Å². The quantitative estimate of drug-likeness (QED) is 0.307. The van der Waals surface area contributed by atoms with Crippen LogP contribution in [0.15, 0.2) is 42.5 Å². The molecule has 0 radical (unpaired) electrons. The summed E-state index contributed by atoms with van der Waals surface area (Å²) in [6, 6.07) is 6.05. The van der Waals surface area contributed by atoms with Crippen molar-refractivity contribution in [2.45, 2.75) is 64.0 Å². The van der Waals surface area contributed by atoms with Crippen LogP contribution in [0.2, 0.25) is 0 Å². The molecule has 1 atom stereocenters. The fraction of sp³-hybridized carbons (Fsp3) is 0.407. The van der Waals surface area contributed by atoms with E-state index < -0.39 is 47.2 Å². The van der Waals surface area contributed by atoms with Gasteiger partial charge in [-0.1, -0.05) is 18.2 Å². The highest BCUT2D eigenvalue weighted by molar-refractivity contribution is 5.85.